The van der Waals surface area contributed by atoms with Crippen LogP contribution in [0.3, 0.4) is 0 Å². The van der Waals surface area contributed by atoms with E-state index in [0.717, 1.165) is 29.0 Å². The molecule has 8 nitrogen and oxygen atoms in total. The van der Waals surface area contributed by atoms with Gasteiger partial charge in [-0.1, -0.05) is 30.7 Å². The second-order valence-corrected chi connectivity index (χ2v) is 8.18. The van der Waals surface area contributed by atoms with E-state index < -0.39 is 0 Å². The summed E-state index contributed by atoms with van der Waals surface area (Å²) in [5, 5.41) is 18.3. The number of hydrogen-bond donors (Lipinski definition) is 5. The molecule has 1 aromatic carbocycles. The molecule has 1 amide bonds. The van der Waals surface area contributed by atoms with Crippen LogP contribution < -0.4 is 21.7 Å². The van der Waals surface area contributed by atoms with Crippen LogP contribution in [0.25, 0.3) is 0 Å². The monoisotopic (exact) mass is 397 g/mol. The number of thioether (sulfide) groups is 1. The number of amides is 1. The largest absolute Gasteiger partial charge is 0.383 e. The molecule has 0 spiro atoms. The zero-order valence-corrected chi connectivity index (χ0v) is 16.4. The van der Waals surface area contributed by atoms with E-state index >= 15 is 0 Å². The van der Waals surface area contributed by atoms with Crippen LogP contribution in [0, 0.1) is 5.41 Å². The lowest BCUT2D eigenvalue weighted by molar-refractivity contribution is -0.119. The Hall–Kier alpha value is -2.81. The zero-order valence-electron chi connectivity index (χ0n) is 15.6. The quantitative estimate of drug-likeness (QED) is 0.491. The Labute approximate surface area is 167 Å². The van der Waals surface area contributed by atoms with E-state index in [-0.39, 0.29) is 17.1 Å². The molecule has 28 heavy (non-hydrogen) atoms. The second kappa shape index (κ2) is 7.67. The Morgan fingerprint density at radius 2 is 2.11 bits per heavy atom. The molecule has 1 fully saturated rings. The van der Waals surface area contributed by atoms with E-state index in [1.54, 1.807) is 0 Å². The highest BCUT2D eigenvalue weighted by Crippen LogP contribution is 2.38. The average Bonchev–Trinajstić information content (AvgIpc) is 3.29. The smallest absolute Gasteiger partial charge is 0.219 e. The number of nitrogens with one attached hydrogen (secondary N) is 4. The fourth-order valence-corrected chi connectivity index (χ4v) is 4.72. The first-order valence-corrected chi connectivity index (χ1v) is 10.2. The first-order chi connectivity index (χ1) is 13.5. The number of nitrogens with two attached hydrogens (primary N) is 1. The molecule has 2 aromatic rings. The average molecular weight is 398 g/mol. The van der Waals surface area contributed by atoms with E-state index in [1.807, 2.05) is 18.2 Å². The zero-order chi connectivity index (χ0) is 19.7. The van der Waals surface area contributed by atoms with Gasteiger partial charge in [0.2, 0.25) is 5.91 Å². The van der Waals surface area contributed by atoms with Crippen molar-refractivity contribution >= 4 is 40.7 Å². The van der Waals surface area contributed by atoms with Crippen LogP contribution in [-0.4, -0.2) is 33.1 Å². The molecule has 1 aliphatic carbocycles. The number of carbonyl (C=O) groups excluding carboxylic acids is 1. The lowest BCUT2D eigenvalue weighted by Crippen LogP contribution is -2.33. The van der Waals surface area contributed by atoms with E-state index in [4.69, 9.17) is 11.1 Å². The summed E-state index contributed by atoms with van der Waals surface area (Å²) in [6.07, 6.45) is 6.04. The van der Waals surface area contributed by atoms with Gasteiger partial charge >= 0.3 is 0 Å². The van der Waals surface area contributed by atoms with Crippen LogP contribution in [0.15, 0.2) is 29.4 Å². The Morgan fingerprint density at radius 1 is 1.32 bits per heavy atom. The molecule has 0 radical (unpaired) electrons. The maximum atomic E-state index is 11.3. The number of anilines is 3. The van der Waals surface area contributed by atoms with Gasteiger partial charge in [-0.05, 0) is 25.0 Å². The number of aromatic nitrogens is 2. The van der Waals surface area contributed by atoms with Gasteiger partial charge in [-0.25, -0.2) is 9.97 Å². The summed E-state index contributed by atoms with van der Waals surface area (Å²) in [5.74, 6) is 0.817. The number of nitrogen functional groups attached to an aromatic ring is 1. The molecule has 1 saturated carbocycles. The van der Waals surface area contributed by atoms with Crippen molar-refractivity contribution in [3.63, 3.8) is 0 Å². The van der Waals surface area contributed by atoms with Gasteiger partial charge < -0.3 is 21.7 Å². The van der Waals surface area contributed by atoms with Crippen molar-refractivity contribution in [3.05, 3.63) is 35.7 Å². The highest BCUT2D eigenvalue weighted by Gasteiger charge is 2.25. The molecule has 6 N–H and O–H groups in total. The van der Waals surface area contributed by atoms with Gasteiger partial charge in [0, 0.05) is 23.4 Å². The summed E-state index contributed by atoms with van der Waals surface area (Å²) in [6, 6.07) is 6.08. The summed E-state index contributed by atoms with van der Waals surface area (Å²) in [6.45, 7) is 1.49. The fourth-order valence-electron chi connectivity index (χ4n) is 3.61. The van der Waals surface area contributed by atoms with E-state index in [9.17, 15) is 4.79 Å². The van der Waals surface area contributed by atoms with Gasteiger partial charge in [0.25, 0.3) is 0 Å². The predicted octanol–water partition coefficient (Wildman–Crippen LogP) is 2.77. The van der Waals surface area contributed by atoms with E-state index in [1.165, 1.54) is 37.9 Å². The van der Waals surface area contributed by atoms with Crippen LogP contribution in [0.2, 0.25) is 0 Å². The maximum Gasteiger partial charge on any atom is 0.219 e. The molecule has 2 heterocycles. The number of hydrogen-bond acceptors (Lipinski definition) is 8. The SMILES string of the molecule is CC(=O)NC1Nc2ccc(C(=N)c3c(N)ncnc3NC3CCCC3)cc2S1. The first kappa shape index (κ1) is 18.5. The van der Waals surface area contributed by atoms with Crippen molar-refractivity contribution in [1.29, 1.82) is 5.41 Å². The summed E-state index contributed by atoms with van der Waals surface area (Å²) in [4.78, 5) is 20.7. The molecule has 1 aromatic heterocycles. The lowest BCUT2D eigenvalue weighted by Gasteiger charge is -2.17. The molecule has 0 saturated heterocycles. The van der Waals surface area contributed by atoms with Gasteiger partial charge in [0.1, 0.15) is 18.0 Å². The Morgan fingerprint density at radius 3 is 2.86 bits per heavy atom. The minimum Gasteiger partial charge on any atom is -0.383 e. The summed E-state index contributed by atoms with van der Waals surface area (Å²) in [5.41, 5.74) is 8.39. The highest BCUT2D eigenvalue weighted by molar-refractivity contribution is 8.00. The normalized spacial score (nSPS) is 18.4. The number of rotatable bonds is 5. The molecule has 4 rings (SSSR count). The molecule has 9 heteroatoms. The Bertz CT molecular complexity index is 926. The van der Waals surface area contributed by atoms with Crippen molar-refractivity contribution in [2.75, 3.05) is 16.4 Å². The lowest BCUT2D eigenvalue weighted by atomic mass is 10.0. The van der Waals surface area contributed by atoms with Crippen LogP contribution in [0.5, 0.6) is 0 Å². The van der Waals surface area contributed by atoms with E-state index in [2.05, 4.69) is 25.9 Å². The van der Waals surface area contributed by atoms with Gasteiger partial charge in [0.05, 0.1) is 17.0 Å². The second-order valence-electron chi connectivity index (χ2n) is 7.04. The standard InChI is InChI=1S/C19H23N7OS/c1-10(27)24-19-26-13-7-6-11(8-14(13)28-19)16(20)15-17(21)22-9-23-18(15)25-12-4-2-3-5-12/h6-9,12,19-20,26H,2-5H2,1H3,(H,24,27)(H3,21,22,23,25). The third kappa shape index (κ3) is 3.75. The number of carbonyl (C=O) groups is 1. The van der Waals surface area contributed by atoms with Crippen molar-refractivity contribution < 1.29 is 4.79 Å². The van der Waals surface area contributed by atoms with Crippen molar-refractivity contribution in [2.24, 2.45) is 0 Å². The fraction of sp³-hybridized carbons (Fsp3) is 0.368. The molecule has 1 unspecified atom stereocenters. The minimum absolute atomic E-state index is 0.0948. The number of benzene rings is 1. The molecule has 2 aliphatic rings. The van der Waals surface area contributed by atoms with Crippen LogP contribution in [0.4, 0.5) is 17.3 Å². The molecular formula is C19H23N7OS. The Kier molecular flexibility index (Phi) is 5.08. The first-order valence-electron chi connectivity index (χ1n) is 9.32. The third-order valence-electron chi connectivity index (χ3n) is 4.96. The predicted molar refractivity (Wildman–Crippen MR) is 112 cm³/mol. The van der Waals surface area contributed by atoms with Crippen molar-refractivity contribution in [1.82, 2.24) is 15.3 Å². The molecule has 1 atom stereocenters. The molecule has 1 aliphatic heterocycles. The Balaban J connectivity index is 1.60. The van der Waals surface area contributed by atoms with Crippen LogP contribution in [-0.2, 0) is 4.79 Å². The van der Waals surface area contributed by atoms with Crippen molar-refractivity contribution in [3.8, 4) is 0 Å². The van der Waals surface area contributed by atoms with Gasteiger partial charge in [-0.3, -0.25) is 10.2 Å². The molecule has 0 bridgehead atoms. The molecular weight excluding hydrogens is 374 g/mol. The number of fused-ring (bicyclic) bond motifs is 1. The minimum atomic E-state index is -0.207. The summed E-state index contributed by atoms with van der Waals surface area (Å²) < 4.78 is 0. The topological polar surface area (TPSA) is 129 Å². The van der Waals surface area contributed by atoms with Gasteiger partial charge in [-0.15, -0.1) is 0 Å². The van der Waals surface area contributed by atoms with Gasteiger partial charge in [0.15, 0.2) is 5.50 Å². The van der Waals surface area contributed by atoms with Gasteiger partial charge in [-0.2, -0.15) is 0 Å². The van der Waals surface area contributed by atoms with Crippen LogP contribution in [0.1, 0.15) is 43.7 Å². The summed E-state index contributed by atoms with van der Waals surface area (Å²) >= 11 is 1.51. The van der Waals surface area contributed by atoms with Crippen LogP contribution >= 0.6 is 11.8 Å². The van der Waals surface area contributed by atoms with Crippen molar-refractivity contribution in [2.45, 2.75) is 49.0 Å². The highest BCUT2D eigenvalue weighted by atomic mass is 32.2. The molecule has 146 valence electrons. The maximum absolute atomic E-state index is 11.3. The van der Waals surface area contributed by atoms with E-state index in [0.29, 0.717) is 23.2 Å². The third-order valence-corrected chi connectivity index (χ3v) is 6.02. The number of nitrogens with zero attached hydrogens (tertiary/aromatic N) is 2. The summed E-state index contributed by atoms with van der Waals surface area (Å²) in [7, 11) is 0.